The molecule has 0 spiro atoms. The Kier molecular flexibility index (Phi) is 8.78. The van der Waals surface area contributed by atoms with Gasteiger partial charge in [0, 0.05) is 16.7 Å². The molecule has 1 unspecified atom stereocenters. The second kappa shape index (κ2) is 12.4. The lowest BCUT2D eigenvalue weighted by molar-refractivity contribution is 0.190. The first kappa shape index (κ1) is 28.2. The molecule has 3 aromatic rings. The number of methoxy groups -OCH3 is 1. The highest BCUT2D eigenvalue weighted by Crippen LogP contribution is 2.43. The molecule has 0 radical (unpaired) electrons. The molecule has 40 heavy (non-hydrogen) atoms. The van der Waals surface area contributed by atoms with E-state index in [1.54, 1.807) is 36.4 Å². The smallest absolute Gasteiger partial charge is 0.201 e. The van der Waals surface area contributed by atoms with Gasteiger partial charge in [-0.1, -0.05) is 61.4 Å². The van der Waals surface area contributed by atoms with Crippen molar-refractivity contribution in [2.75, 3.05) is 7.11 Å². The first-order valence-corrected chi connectivity index (χ1v) is 14.3. The zero-order chi connectivity index (χ0) is 28.2. The van der Waals surface area contributed by atoms with E-state index < -0.39 is 23.3 Å². The van der Waals surface area contributed by atoms with Crippen LogP contribution in [0.15, 0.2) is 67.3 Å². The van der Waals surface area contributed by atoms with Gasteiger partial charge in [0.15, 0.2) is 23.2 Å². The highest BCUT2D eigenvalue weighted by atomic mass is 19.2. The van der Waals surface area contributed by atoms with Crippen LogP contribution in [0, 0.1) is 41.0 Å². The summed E-state index contributed by atoms with van der Waals surface area (Å²) in [5, 5.41) is 0. The summed E-state index contributed by atoms with van der Waals surface area (Å²) in [6.07, 6.45) is 14.3. The summed E-state index contributed by atoms with van der Waals surface area (Å²) in [5.41, 5.74) is 2.30. The van der Waals surface area contributed by atoms with Crippen LogP contribution < -0.4 is 4.74 Å². The van der Waals surface area contributed by atoms with Gasteiger partial charge in [0.2, 0.25) is 5.82 Å². The van der Waals surface area contributed by atoms with Crippen LogP contribution in [0.2, 0.25) is 0 Å². The fraction of sp³-hybridized carbons (Fsp3) is 0.371. The van der Waals surface area contributed by atoms with Crippen LogP contribution in [0.4, 0.5) is 17.6 Å². The Labute approximate surface area is 234 Å². The SMILES string of the molecule is C=CCCC1CCC(C2CC=C(c3ccc(-c4ccc(-c5ccc(OC)c(F)c5F)cc4)c(F)c3F)CC2)CC1. The molecule has 2 aliphatic rings. The molecule has 0 amide bonds. The van der Waals surface area contributed by atoms with E-state index in [1.165, 1.54) is 51.3 Å². The normalized spacial score (nSPS) is 21.1. The van der Waals surface area contributed by atoms with E-state index in [0.717, 1.165) is 43.1 Å². The summed E-state index contributed by atoms with van der Waals surface area (Å²) in [4.78, 5) is 0. The van der Waals surface area contributed by atoms with E-state index in [4.69, 9.17) is 4.74 Å². The molecule has 1 fully saturated rings. The largest absolute Gasteiger partial charge is 0.494 e. The zero-order valence-electron chi connectivity index (χ0n) is 23.0. The van der Waals surface area contributed by atoms with Gasteiger partial charge < -0.3 is 4.74 Å². The first-order valence-electron chi connectivity index (χ1n) is 14.3. The molecule has 2 aliphatic carbocycles. The fourth-order valence-corrected chi connectivity index (χ4v) is 6.59. The lowest BCUT2D eigenvalue weighted by Crippen LogP contribution is -2.23. The molecule has 1 nitrogen and oxygen atoms in total. The number of halogens is 4. The Morgan fingerprint density at radius 1 is 0.725 bits per heavy atom. The van der Waals surface area contributed by atoms with E-state index in [0.29, 0.717) is 22.6 Å². The predicted molar refractivity (Wildman–Crippen MR) is 154 cm³/mol. The maximum absolute atomic E-state index is 15.3. The summed E-state index contributed by atoms with van der Waals surface area (Å²) in [6.45, 7) is 3.84. The van der Waals surface area contributed by atoms with Crippen molar-refractivity contribution in [1.29, 1.82) is 0 Å². The van der Waals surface area contributed by atoms with E-state index >= 15 is 8.78 Å². The highest BCUT2D eigenvalue weighted by molar-refractivity contribution is 5.74. The molecular weight excluding hydrogens is 512 g/mol. The zero-order valence-corrected chi connectivity index (χ0v) is 23.0. The Morgan fingerprint density at radius 3 is 1.88 bits per heavy atom. The van der Waals surface area contributed by atoms with Crippen molar-refractivity contribution >= 4 is 5.57 Å². The van der Waals surface area contributed by atoms with Gasteiger partial charge in [-0.25, -0.2) is 13.2 Å². The molecule has 3 aromatic carbocycles. The van der Waals surface area contributed by atoms with E-state index in [9.17, 15) is 8.78 Å². The van der Waals surface area contributed by atoms with Crippen molar-refractivity contribution < 1.29 is 22.3 Å². The van der Waals surface area contributed by atoms with E-state index in [1.807, 2.05) is 6.08 Å². The number of hydrogen-bond acceptors (Lipinski definition) is 1. The average Bonchev–Trinajstić information content (AvgIpc) is 2.99. The summed E-state index contributed by atoms with van der Waals surface area (Å²) in [7, 11) is 1.27. The van der Waals surface area contributed by atoms with Crippen LogP contribution >= 0.6 is 0 Å². The van der Waals surface area contributed by atoms with Gasteiger partial charge in [-0.15, -0.1) is 6.58 Å². The Hall–Kier alpha value is -3.34. The van der Waals surface area contributed by atoms with Crippen molar-refractivity contribution in [3.8, 4) is 28.0 Å². The third-order valence-electron chi connectivity index (χ3n) is 8.99. The minimum absolute atomic E-state index is 0.0649. The number of benzene rings is 3. The summed E-state index contributed by atoms with van der Waals surface area (Å²) >= 11 is 0. The molecular formula is C35H36F4O. The monoisotopic (exact) mass is 548 g/mol. The minimum atomic E-state index is -1.07. The minimum Gasteiger partial charge on any atom is -0.494 e. The van der Waals surface area contributed by atoms with Crippen LogP contribution in [0.5, 0.6) is 5.75 Å². The number of rotatable bonds is 8. The van der Waals surface area contributed by atoms with Crippen molar-refractivity contribution in [3.05, 3.63) is 96.1 Å². The maximum Gasteiger partial charge on any atom is 0.201 e. The van der Waals surface area contributed by atoms with Crippen LogP contribution in [-0.2, 0) is 0 Å². The Morgan fingerprint density at radius 2 is 1.30 bits per heavy atom. The van der Waals surface area contributed by atoms with Crippen LogP contribution in [0.25, 0.3) is 27.8 Å². The average molecular weight is 549 g/mol. The lowest BCUT2D eigenvalue weighted by Gasteiger charge is -2.35. The molecule has 0 aliphatic heterocycles. The Bertz CT molecular complexity index is 1380. The number of allylic oxidation sites excluding steroid dienone is 3. The van der Waals surface area contributed by atoms with Gasteiger partial charge in [-0.3, -0.25) is 0 Å². The molecule has 0 N–H and O–H groups in total. The second-order valence-electron chi connectivity index (χ2n) is 11.2. The number of hydrogen-bond donors (Lipinski definition) is 0. The number of ether oxygens (including phenoxy) is 1. The van der Waals surface area contributed by atoms with E-state index in [2.05, 4.69) is 12.7 Å². The van der Waals surface area contributed by atoms with Crippen LogP contribution in [0.1, 0.15) is 63.4 Å². The van der Waals surface area contributed by atoms with Gasteiger partial charge in [-0.2, -0.15) is 4.39 Å². The Balaban J connectivity index is 1.28. The predicted octanol–water partition coefficient (Wildman–Crippen LogP) is 10.5. The molecule has 0 bridgehead atoms. The highest BCUT2D eigenvalue weighted by Gasteiger charge is 2.29. The molecule has 1 saturated carbocycles. The van der Waals surface area contributed by atoms with Crippen molar-refractivity contribution in [2.45, 2.75) is 57.8 Å². The molecule has 210 valence electrons. The van der Waals surface area contributed by atoms with Gasteiger partial charge in [0.1, 0.15) is 0 Å². The van der Waals surface area contributed by atoms with Crippen molar-refractivity contribution in [1.82, 2.24) is 0 Å². The lowest BCUT2D eigenvalue weighted by atomic mass is 9.70. The molecule has 0 aromatic heterocycles. The fourth-order valence-electron chi connectivity index (χ4n) is 6.59. The van der Waals surface area contributed by atoms with E-state index in [-0.39, 0.29) is 16.9 Å². The summed E-state index contributed by atoms with van der Waals surface area (Å²) in [6, 6.07) is 12.4. The second-order valence-corrected chi connectivity index (χ2v) is 11.2. The molecule has 5 heteroatoms. The molecule has 5 rings (SSSR count). The van der Waals surface area contributed by atoms with Gasteiger partial charge >= 0.3 is 0 Å². The van der Waals surface area contributed by atoms with Crippen LogP contribution in [0.3, 0.4) is 0 Å². The molecule has 1 atom stereocenters. The standard InChI is InChI=1S/C35H36F4O/c1-3-4-5-22-6-8-23(9-7-22)24-10-12-25(13-11-24)28-18-19-29(33(37)32(28)36)26-14-16-27(17-15-26)30-20-21-31(40-2)35(39)34(30)38/h3,12,14-24H,1,4-11,13H2,2H3. The first-order chi connectivity index (χ1) is 19.4. The molecule has 0 heterocycles. The quantitative estimate of drug-likeness (QED) is 0.201. The van der Waals surface area contributed by atoms with Crippen molar-refractivity contribution in [2.24, 2.45) is 17.8 Å². The van der Waals surface area contributed by atoms with Crippen LogP contribution in [-0.4, -0.2) is 7.11 Å². The third-order valence-corrected chi connectivity index (χ3v) is 8.99. The summed E-state index contributed by atoms with van der Waals surface area (Å²) in [5.74, 6) is -1.82. The van der Waals surface area contributed by atoms with Gasteiger partial charge in [-0.05, 0) is 91.5 Å². The molecule has 0 saturated heterocycles. The van der Waals surface area contributed by atoms with Crippen molar-refractivity contribution in [3.63, 3.8) is 0 Å². The van der Waals surface area contributed by atoms with Gasteiger partial charge in [0.05, 0.1) is 7.11 Å². The third kappa shape index (κ3) is 5.75. The summed E-state index contributed by atoms with van der Waals surface area (Å²) < 4.78 is 64.1. The topological polar surface area (TPSA) is 9.23 Å². The van der Waals surface area contributed by atoms with Gasteiger partial charge in [0.25, 0.3) is 0 Å². The maximum atomic E-state index is 15.3.